The molecule has 1 heterocycles. The number of nitrogens with zero attached hydrogens (tertiary/aromatic N) is 1. The molecular formula is C22H17Cl3F4N2O2. The maximum atomic E-state index is 15.1. The fraction of sp³-hybridized carbons (Fsp3) is 0.364. The Morgan fingerprint density at radius 2 is 1.67 bits per heavy atom. The number of hydrogen-bond acceptors (Lipinski definition) is 3. The largest absolute Gasteiger partial charge is 0.435 e. The Morgan fingerprint density at radius 1 is 1.09 bits per heavy atom. The van der Waals surface area contributed by atoms with Crippen LogP contribution in [0.15, 0.2) is 41.6 Å². The van der Waals surface area contributed by atoms with Gasteiger partial charge in [-0.3, -0.25) is 4.79 Å². The van der Waals surface area contributed by atoms with Crippen LogP contribution in [0.25, 0.3) is 0 Å². The van der Waals surface area contributed by atoms with E-state index in [0.717, 1.165) is 12.1 Å². The number of nitrogens with one attached hydrogen (secondary N) is 1. The molecule has 1 saturated carbocycles. The Balaban J connectivity index is 1.58. The first-order valence-corrected chi connectivity index (χ1v) is 11.0. The fourth-order valence-electron chi connectivity index (χ4n) is 4.16. The lowest BCUT2D eigenvalue weighted by Crippen LogP contribution is -2.44. The lowest BCUT2D eigenvalue weighted by molar-refractivity contribution is -0.275. The Kier molecular flexibility index (Phi) is 6.08. The summed E-state index contributed by atoms with van der Waals surface area (Å²) in [5.74, 6) is -0.624. The number of oxime groups is 1. The third kappa shape index (κ3) is 4.06. The van der Waals surface area contributed by atoms with Gasteiger partial charge in [0.2, 0.25) is 5.91 Å². The van der Waals surface area contributed by atoms with Gasteiger partial charge in [0.05, 0.1) is 20.8 Å². The summed E-state index contributed by atoms with van der Waals surface area (Å²) in [4.78, 5) is 16.6. The molecule has 0 spiro atoms. The van der Waals surface area contributed by atoms with E-state index in [-0.39, 0.29) is 45.1 Å². The molecule has 4 rings (SSSR count). The van der Waals surface area contributed by atoms with Gasteiger partial charge in [0, 0.05) is 24.9 Å². The first-order chi connectivity index (χ1) is 15.4. The minimum absolute atomic E-state index is 0.0332. The van der Waals surface area contributed by atoms with Crippen LogP contribution >= 0.6 is 34.8 Å². The second-order valence-corrected chi connectivity index (χ2v) is 9.34. The lowest BCUT2D eigenvalue weighted by atomic mass is 9.68. The molecule has 2 aromatic rings. The molecule has 0 bridgehead atoms. The zero-order chi connectivity index (χ0) is 24.2. The summed E-state index contributed by atoms with van der Waals surface area (Å²) < 4.78 is 57.6. The van der Waals surface area contributed by atoms with Crippen LogP contribution in [0.3, 0.4) is 0 Å². The van der Waals surface area contributed by atoms with E-state index in [9.17, 15) is 18.0 Å². The van der Waals surface area contributed by atoms with Crippen LogP contribution in [-0.2, 0) is 20.9 Å². The van der Waals surface area contributed by atoms with Crippen LogP contribution in [0.1, 0.15) is 36.0 Å². The Hall–Kier alpha value is -2.03. The number of hydrogen-bond donors (Lipinski definition) is 1. The lowest BCUT2D eigenvalue weighted by Gasteiger charge is -2.40. The van der Waals surface area contributed by atoms with Crippen LogP contribution in [0.4, 0.5) is 17.6 Å². The van der Waals surface area contributed by atoms with E-state index in [4.69, 9.17) is 39.6 Å². The number of halogens is 7. The molecule has 176 valence electrons. The first kappa shape index (κ1) is 24.1. The molecule has 1 N–H and O–H groups in total. The number of amides is 1. The van der Waals surface area contributed by atoms with Crippen LogP contribution < -0.4 is 5.32 Å². The van der Waals surface area contributed by atoms with Crippen molar-refractivity contribution in [3.8, 4) is 0 Å². The van der Waals surface area contributed by atoms with E-state index >= 15 is 4.39 Å². The van der Waals surface area contributed by atoms with Gasteiger partial charge in [0.15, 0.2) is 0 Å². The highest BCUT2D eigenvalue weighted by atomic mass is 35.5. The second kappa shape index (κ2) is 8.32. The number of carbonyl (C=O) groups excluding carboxylic acids is 1. The van der Waals surface area contributed by atoms with Crippen LogP contribution in [0.2, 0.25) is 15.1 Å². The molecule has 1 atom stereocenters. The molecule has 0 radical (unpaired) electrons. The third-order valence-electron chi connectivity index (χ3n) is 6.13. The van der Waals surface area contributed by atoms with Gasteiger partial charge in [0.25, 0.3) is 5.60 Å². The topological polar surface area (TPSA) is 50.7 Å². The Morgan fingerprint density at radius 3 is 2.18 bits per heavy atom. The van der Waals surface area contributed by atoms with E-state index in [2.05, 4.69) is 10.5 Å². The van der Waals surface area contributed by atoms with Crippen molar-refractivity contribution >= 4 is 46.4 Å². The number of benzene rings is 2. The van der Waals surface area contributed by atoms with Crippen LogP contribution in [-0.4, -0.2) is 24.8 Å². The summed E-state index contributed by atoms with van der Waals surface area (Å²) in [6.07, 6.45) is -5.39. The average molecular weight is 524 g/mol. The zero-order valence-corrected chi connectivity index (χ0v) is 19.3. The summed E-state index contributed by atoms with van der Waals surface area (Å²) in [6.45, 7) is 0. The molecular weight excluding hydrogens is 507 g/mol. The van der Waals surface area contributed by atoms with Gasteiger partial charge >= 0.3 is 6.18 Å². The highest BCUT2D eigenvalue weighted by molar-refractivity contribution is 6.48. The number of rotatable bonds is 4. The van der Waals surface area contributed by atoms with Crippen molar-refractivity contribution in [1.29, 1.82) is 0 Å². The van der Waals surface area contributed by atoms with Crippen LogP contribution in [0, 0.1) is 5.92 Å². The molecule has 1 amide bonds. The monoisotopic (exact) mass is 522 g/mol. The van der Waals surface area contributed by atoms with Crippen molar-refractivity contribution < 1.29 is 27.2 Å². The van der Waals surface area contributed by atoms with Crippen LogP contribution in [0.5, 0.6) is 0 Å². The van der Waals surface area contributed by atoms with E-state index < -0.39 is 29.8 Å². The molecule has 1 fully saturated rings. The molecule has 4 nitrogen and oxygen atoms in total. The van der Waals surface area contributed by atoms with E-state index in [1.165, 1.54) is 31.3 Å². The number of carbonyl (C=O) groups is 1. The van der Waals surface area contributed by atoms with Gasteiger partial charge in [-0.15, -0.1) is 0 Å². The van der Waals surface area contributed by atoms with Crippen molar-refractivity contribution in [3.63, 3.8) is 0 Å². The van der Waals surface area contributed by atoms with Gasteiger partial charge in [-0.05, 0) is 36.1 Å². The van der Waals surface area contributed by atoms with Crippen molar-refractivity contribution in [3.05, 3.63) is 68.2 Å². The summed E-state index contributed by atoms with van der Waals surface area (Å²) >= 11 is 17.8. The van der Waals surface area contributed by atoms with E-state index in [0.29, 0.717) is 11.1 Å². The molecule has 0 aromatic heterocycles. The highest BCUT2D eigenvalue weighted by Gasteiger charge is 2.62. The average Bonchev–Trinajstić information content (AvgIpc) is 3.21. The van der Waals surface area contributed by atoms with Gasteiger partial charge in [-0.25, -0.2) is 4.39 Å². The van der Waals surface area contributed by atoms with Gasteiger partial charge in [-0.1, -0.05) is 64.2 Å². The highest BCUT2D eigenvalue weighted by Crippen LogP contribution is 2.51. The predicted octanol–water partition coefficient (Wildman–Crippen LogP) is 6.55. The standard InChI is InChI=1S/C22H17Cl3F4N2O2/c1-30-19(32)12-8-20(26,9-12)13-4-2-11(3-5-13)17-10-21(33-31-17,22(27,28)29)14-6-15(23)18(25)16(24)7-14/h2-7,12H,8-10H2,1H3,(H,30,32). The summed E-state index contributed by atoms with van der Waals surface area (Å²) in [6, 6.07) is 8.05. The smallest absolute Gasteiger partial charge is 0.374 e. The maximum Gasteiger partial charge on any atom is 0.435 e. The van der Waals surface area contributed by atoms with Crippen molar-refractivity contribution in [2.45, 2.75) is 36.7 Å². The minimum atomic E-state index is -4.84. The predicted molar refractivity (Wildman–Crippen MR) is 117 cm³/mol. The summed E-state index contributed by atoms with van der Waals surface area (Å²) in [5, 5.41) is 5.83. The van der Waals surface area contributed by atoms with Gasteiger partial charge in [0.1, 0.15) is 5.67 Å². The third-order valence-corrected chi connectivity index (χ3v) is 7.33. The normalized spacial score (nSPS) is 26.9. The first-order valence-electron chi connectivity index (χ1n) is 9.88. The maximum absolute atomic E-state index is 15.1. The number of alkyl halides is 4. The van der Waals surface area contributed by atoms with Gasteiger partial charge in [-0.2, -0.15) is 13.2 Å². The molecule has 1 unspecified atom stereocenters. The van der Waals surface area contributed by atoms with E-state index in [1.807, 2.05) is 0 Å². The summed E-state index contributed by atoms with van der Waals surface area (Å²) in [5.41, 5.74) is -4.05. The fourth-order valence-corrected chi connectivity index (χ4v) is 4.75. The molecule has 33 heavy (non-hydrogen) atoms. The second-order valence-electron chi connectivity index (χ2n) is 8.15. The van der Waals surface area contributed by atoms with E-state index in [1.54, 1.807) is 0 Å². The van der Waals surface area contributed by atoms with Crippen molar-refractivity contribution in [1.82, 2.24) is 5.32 Å². The SMILES string of the molecule is CNC(=O)C1CC(F)(c2ccc(C3=NOC(c4cc(Cl)c(Cl)c(Cl)c4)(C(F)(F)F)C3)cc2)C1. The van der Waals surface area contributed by atoms with Gasteiger partial charge < -0.3 is 10.2 Å². The van der Waals surface area contributed by atoms with Crippen molar-refractivity contribution in [2.75, 3.05) is 7.05 Å². The molecule has 2 aromatic carbocycles. The molecule has 11 heteroatoms. The Labute approximate surface area is 201 Å². The van der Waals surface area contributed by atoms with Crippen molar-refractivity contribution in [2.24, 2.45) is 11.1 Å². The quantitative estimate of drug-likeness (QED) is 0.365. The molecule has 2 aliphatic rings. The minimum Gasteiger partial charge on any atom is -0.374 e. The summed E-state index contributed by atoms with van der Waals surface area (Å²) in [7, 11) is 1.49. The molecule has 1 aliphatic heterocycles. The Bertz CT molecular complexity index is 1110. The molecule has 1 aliphatic carbocycles. The molecule has 0 saturated heterocycles. The zero-order valence-electron chi connectivity index (χ0n) is 17.1.